The van der Waals surface area contributed by atoms with Gasteiger partial charge in [0.05, 0.1) is 11.7 Å². The van der Waals surface area contributed by atoms with Crippen LogP contribution >= 0.6 is 11.3 Å². The van der Waals surface area contributed by atoms with Crippen LogP contribution in [0.25, 0.3) is 0 Å². The molecule has 6 nitrogen and oxygen atoms in total. The Bertz CT molecular complexity index is 683. The third-order valence-corrected chi connectivity index (χ3v) is 5.06. The number of nitrogens with one attached hydrogen (secondary N) is 1. The molecule has 3 rings (SSSR count). The van der Waals surface area contributed by atoms with Gasteiger partial charge in [-0.25, -0.2) is 4.79 Å². The second-order valence-electron chi connectivity index (χ2n) is 6.05. The number of hydrogen-bond donors (Lipinski definition) is 1. The van der Waals surface area contributed by atoms with Crippen molar-refractivity contribution < 1.29 is 14.3 Å². The first-order valence-electron chi connectivity index (χ1n) is 8.34. The molecule has 1 aliphatic rings. The van der Waals surface area contributed by atoms with Crippen molar-refractivity contribution in [2.45, 2.75) is 19.4 Å². The average Bonchev–Trinajstić information content (AvgIpc) is 3.20. The summed E-state index contributed by atoms with van der Waals surface area (Å²) >= 11 is 1.33. The van der Waals surface area contributed by atoms with E-state index in [1.54, 1.807) is 16.6 Å². The van der Waals surface area contributed by atoms with Crippen LogP contribution in [0.4, 0.5) is 4.79 Å². The molecule has 25 heavy (non-hydrogen) atoms. The summed E-state index contributed by atoms with van der Waals surface area (Å²) in [5.74, 6) is 0.308. The minimum Gasteiger partial charge on any atom is -0.445 e. The lowest BCUT2D eigenvalue weighted by atomic mass is 9.97. The van der Waals surface area contributed by atoms with Crippen molar-refractivity contribution in [2.75, 3.05) is 19.6 Å². The standard InChI is InChI=1S/C18H21N3O3S/c22-17(16-11-19-13-25-16)20-10-14-6-8-21(9-7-14)18(23)24-12-15-4-2-1-3-5-15/h1-5,11,13-14H,6-10,12H2,(H,20,22). The van der Waals surface area contributed by atoms with E-state index < -0.39 is 0 Å². The van der Waals surface area contributed by atoms with Crippen molar-refractivity contribution >= 4 is 23.3 Å². The molecule has 0 aliphatic carbocycles. The topological polar surface area (TPSA) is 71.5 Å². The van der Waals surface area contributed by atoms with Crippen LogP contribution in [0.15, 0.2) is 42.0 Å². The Morgan fingerprint density at radius 2 is 2.00 bits per heavy atom. The molecule has 1 aromatic heterocycles. The van der Waals surface area contributed by atoms with E-state index in [0.717, 1.165) is 18.4 Å². The highest BCUT2D eigenvalue weighted by Crippen LogP contribution is 2.18. The quantitative estimate of drug-likeness (QED) is 0.891. The second kappa shape index (κ2) is 8.62. The lowest BCUT2D eigenvalue weighted by molar-refractivity contribution is 0.0801. The van der Waals surface area contributed by atoms with Crippen LogP contribution in [0.3, 0.4) is 0 Å². The number of rotatable bonds is 5. The van der Waals surface area contributed by atoms with Gasteiger partial charge < -0.3 is 15.0 Å². The molecule has 2 amide bonds. The molecule has 1 saturated heterocycles. The van der Waals surface area contributed by atoms with Crippen LogP contribution in [0.5, 0.6) is 0 Å². The minimum atomic E-state index is -0.268. The summed E-state index contributed by atoms with van der Waals surface area (Å²) in [5, 5.41) is 2.94. The molecular formula is C18H21N3O3S. The molecule has 0 spiro atoms. The van der Waals surface area contributed by atoms with Gasteiger partial charge in [0.2, 0.25) is 0 Å². The van der Waals surface area contributed by atoms with E-state index >= 15 is 0 Å². The third kappa shape index (κ3) is 5.03. The predicted octanol–water partition coefficient (Wildman–Crippen LogP) is 2.92. The van der Waals surface area contributed by atoms with Crippen molar-refractivity contribution in [3.63, 3.8) is 0 Å². The van der Waals surface area contributed by atoms with E-state index in [9.17, 15) is 9.59 Å². The minimum absolute atomic E-state index is 0.0767. The van der Waals surface area contributed by atoms with Crippen LogP contribution in [0, 0.1) is 5.92 Å². The number of carbonyl (C=O) groups is 2. The summed E-state index contributed by atoms with van der Waals surface area (Å²) in [6, 6.07) is 9.66. The van der Waals surface area contributed by atoms with Gasteiger partial charge in [-0.05, 0) is 24.3 Å². The number of carbonyl (C=O) groups excluding carboxylic acids is 2. The fourth-order valence-electron chi connectivity index (χ4n) is 2.78. The number of amides is 2. The molecule has 132 valence electrons. The van der Waals surface area contributed by atoms with Crippen LogP contribution < -0.4 is 5.32 Å². The number of thiazole rings is 1. The summed E-state index contributed by atoms with van der Waals surface area (Å²) < 4.78 is 5.36. The zero-order valence-electron chi connectivity index (χ0n) is 13.9. The number of piperidine rings is 1. The normalized spacial score (nSPS) is 15.0. The van der Waals surface area contributed by atoms with E-state index in [-0.39, 0.29) is 12.0 Å². The summed E-state index contributed by atoms with van der Waals surface area (Å²) in [7, 11) is 0. The van der Waals surface area contributed by atoms with Gasteiger partial charge in [-0.3, -0.25) is 9.78 Å². The highest BCUT2D eigenvalue weighted by Gasteiger charge is 2.24. The van der Waals surface area contributed by atoms with Gasteiger partial charge in [0.1, 0.15) is 11.5 Å². The lowest BCUT2D eigenvalue weighted by Crippen LogP contribution is -2.41. The van der Waals surface area contributed by atoms with Crippen molar-refractivity contribution in [1.82, 2.24) is 15.2 Å². The van der Waals surface area contributed by atoms with E-state index in [2.05, 4.69) is 10.3 Å². The Morgan fingerprint density at radius 3 is 2.68 bits per heavy atom. The SMILES string of the molecule is O=C(NCC1CCN(C(=O)OCc2ccccc2)CC1)c1cncs1. The number of aromatic nitrogens is 1. The summed E-state index contributed by atoms with van der Waals surface area (Å²) in [4.78, 5) is 30.3. The monoisotopic (exact) mass is 359 g/mol. The van der Waals surface area contributed by atoms with Crippen LogP contribution in [0.1, 0.15) is 28.1 Å². The Balaban J connectivity index is 1.36. The molecule has 7 heteroatoms. The van der Waals surface area contributed by atoms with Crippen molar-refractivity contribution in [3.8, 4) is 0 Å². The first kappa shape index (κ1) is 17.4. The van der Waals surface area contributed by atoms with Crippen molar-refractivity contribution in [1.29, 1.82) is 0 Å². The maximum Gasteiger partial charge on any atom is 0.410 e. The van der Waals surface area contributed by atoms with E-state index in [4.69, 9.17) is 4.74 Å². The molecule has 0 radical (unpaired) electrons. The zero-order valence-corrected chi connectivity index (χ0v) is 14.7. The largest absolute Gasteiger partial charge is 0.445 e. The molecule has 2 aromatic rings. The molecule has 1 N–H and O–H groups in total. The number of likely N-dealkylation sites (tertiary alicyclic amines) is 1. The highest BCUT2D eigenvalue weighted by molar-refractivity contribution is 7.11. The Morgan fingerprint density at radius 1 is 1.24 bits per heavy atom. The first-order valence-corrected chi connectivity index (χ1v) is 9.22. The lowest BCUT2D eigenvalue weighted by Gasteiger charge is -2.31. The number of nitrogens with zero attached hydrogens (tertiary/aromatic N) is 2. The average molecular weight is 359 g/mol. The molecule has 0 bridgehead atoms. The Kier molecular flexibility index (Phi) is 6.00. The third-order valence-electron chi connectivity index (χ3n) is 4.29. The fourth-order valence-corrected chi connectivity index (χ4v) is 3.32. The molecule has 2 heterocycles. The Labute approximate surface area is 150 Å². The molecule has 0 saturated carbocycles. The molecular weight excluding hydrogens is 338 g/mol. The van der Waals surface area contributed by atoms with Gasteiger partial charge in [-0.2, -0.15) is 0 Å². The summed E-state index contributed by atoms with van der Waals surface area (Å²) in [6.45, 7) is 2.25. The van der Waals surface area contributed by atoms with Crippen LogP contribution in [-0.2, 0) is 11.3 Å². The molecule has 1 aliphatic heterocycles. The van der Waals surface area contributed by atoms with E-state index in [0.29, 0.717) is 37.0 Å². The number of benzene rings is 1. The van der Waals surface area contributed by atoms with Crippen LogP contribution in [-0.4, -0.2) is 41.5 Å². The highest BCUT2D eigenvalue weighted by atomic mass is 32.1. The summed E-state index contributed by atoms with van der Waals surface area (Å²) in [5.41, 5.74) is 2.63. The number of ether oxygens (including phenoxy) is 1. The van der Waals surface area contributed by atoms with Crippen molar-refractivity contribution in [3.05, 3.63) is 52.5 Å². The molecule has 1 aromatic carbocycles. The maximum atomic E-state index is 12.1. The second-order valence-corrected chi connectivity index (χ2v) is 6.93. The Hall–Kier alpha value is -2.41. The van der Waals surface area contributed by atoms with Gasteiger partial charge in [-0.1, -0.05) is 30.3 Å². The fraction of sp³-hybridized carbons (Fsp3) is 0.389. The van der Waals surface area contributed by atoms with Crippen LogP contribution in [0.2, 0.25) is 0 Å². The first-order chi connectivity index (χ1) is 12.2. The molecule has 1 fully saturated rings. The molecule has 0 atom stereocenters. The van der Waals surface area contributed by atoms with Gasteiger partial charge in [-0.15, -0.1) is 11.3 Å². The van der Waals surface area contributed by atoms with Gasteiger partial charge >= 0.3 is 6.09 Å². The van der Waals surface area contributed by atoms with Gasteiger partial charge in [0, 0.05) is 19.6 Å². The van der Waals surface area contributed by atoms with Gasteiger partial charge in [0.15, 0.2) is 0 Å². The van der Waals surface area contributed by atoms with E-state index in [1.807, 2.05) is 30.3 Å². The molecule has 0 unspecified atom stereocenters. The van der Waals surface area contributed by atoms with Crippen molar-refractivity contribution in [2.24, 2.45) is 5.92 Å². The number of hydrogen-bond acceptors (Lipinski definition) is 5. The summed E-state index contributed by atoms with van der Waals surface area (Å²) in [6.07, 6.45) is 3.04. The smallest absolute Gasteiger partial charge is 0.410 e. The maximum absolute atomic E-state index is 12.1. The predicted molar refractivity (Wildman–Crippen MR) is 95.4 cm³/mol. The van der Waals surface area contributed by atoms with E-state index in [1.165, 1.54) is 11.3 Å². The zero-order chi connectivity index (χ0) is 17.5. The van der Waals surface area contributed by atoms with Gasteiger partial charge in [0.25, 0.3) is 5.91 Å².